The summed E-state index contributed by atoms with van der Waals surface area (Å²) in [5.41, 5.74) is 1.65. The Morgan fingerprint density at radius 3 is 2.71 bits per heavy atom. The third-order valence-electron chi connectivity index (χ3n) is 7.07. The summed E-state index contributed by atoms with van der Waals surface area (Å²) in [6, 6.07) is 14.4. The van der Waals surface area contributed by atoms with Crippen molar-refractivity contribution in [3.05, 3.63) is 54.4 Å². The highest BCUT2D eigenvalue weighted by Crippen LogP contribution is 2.37. The number of esters is 1. The molecular formula is C30H38N4O4. The van der Waals surface area contributed by atoms with E-state index in [4.69, 9.17) is 14.2 Å². The van der Waals surface area contributed by atoms with Gasteiger partial charge in [0.15, 0.2) is 11.5 Å². The lowest BCUT2D eigenvalue weighted by molar-refractivity contribution is -0.169. The van der Waals surface area contributed by atoms with Crippen molar-refractivity contribution in [1.29, 1.82) is 0 Å². The van der Waals surface area contributed by atoms with Crippen molar-refractivity contribution >= 4 is 22.7 Å². The van der Waals surface area contributed by atoms with Crippen LogP contribution in [0.5, 0.6) is 11.5 Å². The second-order valence-electron chi connectivity index (χ2n) is 10.9. The van der Waals surface area contributed by atoms with Gasteiger partial charge in [0.1, 0.15) is 17.7 Å². The summed E-state index contributed by atoms with van der Waals surface area (Å²) in [6.45, 7) is 6.99. The maximum atomic E-state index is 11.9. The molecule has 2 fully saturated rings. The SMILES string of the molecule is CC1(C)CN(CCCOc2cc3c(NCCc4ccccc4)ncnc3cc2OC2CCCC2)CC(=O)O1. The molecular weight excluding hydrogens is 480 g/mol. The van der Waals surface area contributed by atoms with E-state index in [0.29, 0.717) is 18.9 Å². The second kappa shape index (κ2) is 12.0. The molecule has 8 heteroatoms. The summed E-state index contributed by atoms with van der Waals surface area (Å²) in [6.07, 6.45) is 8.01. The third kappa shape index (κ3) is 6.92. The zero-order valence-electron chi connectivity index (χ0n) is 22.4. The van der Waals surface area contributed by atoms with E-state index >= 15 is 0 Å². The Balaban J connectivity index is 1.28. The molecule has 3 aromatic rings. The highest BCUT2D eigenvalue weighted by atomic mass is 16.6. The lowest BCUT2D eigenvalue weighted by atomic mass is 10.1. The largest absolute Gasteiger partial charge is 0.490 e. The molecule has 5 rings (SSSR count). The third-order valence-corrected chi connectivity index (χ3v) is 7.07. The van der Waals surface area contributed by atoms with Gasteiger partial charge in [-0.1, -0.05) is 30.3 Å². The first kappa shape index (κ1) is 26.2. The van der Waals surface area contributed by atoms with Crippen molar-refractivity contribution in [3.8, 4) is 11.5 Å². The van der Waals surface area contributed by atoms with E-state index in [1.54, 1.807) is 6.33 Å². The lowest BCUT2D eigenvalue weighted by Gasteiger charge is -2.37. The smallest absolute Gasteiger partial charge is 0.320 e. The van der Waals surface area contributed by atoms with Crippen molar-refractivity contribution in [2.45, 2.75) is 64.1 Å². The highest BCUT2D eigenvalue weighted by Gasteiger charge is 2.32. The van der Waals surface area contributed by atoms with Crippen LogP contribution in [-0.4, -0.2) is 65.3 Å². The topological polar surface area (TPSA) is 85.8 Å². The van der Waals surface area contributed by atoms with Crippen LogP contribution in [0.2, 0.25) is 0 Å². The highest BCUT2D eigenvalue weighted by molar-refractivity contribution is 5.91. The lowest BCUT2D eigenvalue weighted by Crippen LogP contribution is -2.51. The molecule has 0 amide bonds. The Kier molecular flexibility index (Phi) is 8.27. The quantitative estimate of drug-likeness (QED) is 0.280. The molecule has 0 bridgehead atoms. The van der Waals surface area contributed by atoms with E-state index in [9.17, 15) is 4.79 Å². The molecule has 1 aliphatic heterocycles. The Hall–Kier alpha value is -3.39. The number of morpholine rings is 1. The minimum atomic E-state index is -0.458. The van der Waals surface area contributed by atoms with E-state index in [1.165, 1.54) is 18.4 Å². The van der Waals surface area contributed by atoms with Gasteiger partial charge in [0, 0.05) is 31.1 Å². The number of hydrogen-bond acceptors (Lipinski definition) is 8. The van der Waals surface area contributed by atoms with Gasteiger partial charge in [-0.05, 0) is 64.0 Å². The van der Waals surface area contributed by atoms with Gasteiger partial charge in [0.2, 0.25) is 0 Å². The van der Waals surface area contributed by atoms with E-state index < -0.39 is 5.60 Å². The summed E-state index contributed by atoms with van der Waals surface area (Å²) in [4.78, 5) is 23.1. The molecule has 1 N–H and O–H groups in total. The maximum absolute atomic E-state index is 11.9. The number of ether oxygens (including phenoxy) is 3. The molecule has 1 aromatic heterocycles. The summed E-state index contributed by atoms with van der Waals surface area (Å²) >= 11 is 0. The number of hydrogen-bond donors (Lipinski definition) is 1. The molecule has 0 radical (unpaired) electrons. The molecule has 1 saturated carbocycles. The normalized spacial score (nSPS) is 17.9. The Morgan fingerprint density at radius 2 is 1.92 bits per heavy atom. The fourth-order valence-electron chi connectivity index (χ4n) is 5.34. The zero-order chi connectivity index (χ0) is 26.4. The van der Waals surface area contributed by atoms with E-state index in [-0.39, 0.29) is 12.1 Å². The van der Waals surface area contributed by atoms with Gasteiger partial charge in [-0.15, -0.1) is 0 Å². The molecule has 38 heavy (non-hydrogen) atoms. The minimum Gasteiger partial charge on any atom is -0.490 e. The van der Waals surface area contributed by atoms with Gasteiger partial charge < -0.3 is 19.5 Å². The van der Waals surface area contributed by atoms with Crippen LogP contribution in [0.15, 0.2) is 48.8 Å². The molecule has 1 aliphatic carbocycles. The summed E-state index contributed by atoms with van der Waals surface area (Å²) in [5.74, 6) is 2.07. The molecule has 2 aliphatic rings. The molecule has 8 nitrogen and oxygen atoms in total. The van der Waals surface area contributed by atoms with Gasteiger partial charge >= 0.3 is 5.97 Å². The molecule has 0 spiro atoms. The number of carbonyl (C=O) groups excluding carboxylic acids is 1. The number of fused-ring (bicyclic) bond motifs is 1. The molecule has 202 valence electrons. The number of anilines is 1. The summed E-state index contributed by atoms with van der Waals surface area (Å²) in [5, 5.41) is 4.39. The number of carbonyl (C=O) groups is 1. The van der Waals surface area contributed by atoms with Gasteiger partial charge in [0.25, 0.3) is 0 Å². The Bertz CT molecular complexity index is 1230. The fourth-order valence-corrected chi connectivity index (χ4v) is 5.34. The van der Waals surface area contributed by atoms with Crippen LogP contribution >= 0.6 is 0 Å². The first-order valence-electron chi connectivity index (χ1n) is 13.8. The van der Waals surface area contributed by atoms with Crippen molar-refractivity contribution in [3.63, 3.8) is 0 Å². The van der Waals surface area contributed by atoms with Crippen LogP contribution in [0.4, 0.5) is 5.82 Å². The fraction of sp³-hybridized carbons (Fsp3) is 0.500. The number of nitrogens with zero attached hydrogens (tertiary/aromatic N) is 3. The first-order chi connectivity index (χ1) is 18.4. The van der Waals surface area contributed by atoms with Crippen LogP contribution < -0.4 is 14.8 Å². The predicted octanol–water partition coefficient (Wildman–Crippen LogP) is 5.01. The molecule has 2 aromatic carbocycles. The molecule has 2 heterocycles. The van der Waals surface area contributed by atoms with Crippen LogP contribution in [-0.2, 0) is 16.0 Å². The summed E-state index contributed by atoms with van der Waals surface area (Å²) in [7, 11) is 0. The minimum absolute atomic E-state index is 0.170. The van der Waals surface area contributed by atoms with E-state index in [2.05, 4.69) is 44.5 Å². The van der Waals surface area contributed by atoms with Crippen molar-refractivity contribution in [2.75, 3.05) is 38.1 Å². The number of aromatic nitrogens is 2. The molecule has 1 saturated heterocycles. The monoisotopic (exact) mass is 518 g/mol. The van der Waals surface area contributed by atoms with Crippen LogP contribution in [0.25, 0.3) is 10.9 Å². The second-order valence-corrected chi connectivity index (χ2v) is 10.9. The standard InChI is InChI=1S/C30H38N4O4/c1-30(2)20-34(19-28(35)38-30)15-8-16-36-26-17-24-25(18-27(26)37-23-11-6-7-12-23)32-21-33-29(24)31-14-13-22-9-4-3-5-10-22/h3-5,9-10,17-18,21,23H,6-8,11-16,19-20H2,1-2H3,(H,31,32,33). The predicted molar refractivity (Wildman–Crippen MR) is 148 cm³/mol. The van der Waals surface area contributed by atoms with E-state index in [1.807, 2.05) is 32.0 Å². The Morgan fingerprint density at radius 1 is 1.11 bits per heavy atom. The number of benzene rings is 2. The average Bonchev–Trinajstić information content (AvgIpc) is 3.39. The average molecular weight is 519 g/mol. The van der Waals surface area contributed by atoms with Gasteiger partial charge in [-0.2, -0.15) is 0 Å². The maximum Gasteiger partial charge on any atom is 0.320 e. The Labute approximate surface area is 224 Å². The zero-order valence-corrected chi connectivity index (χ0v) is 22.4. The van der Waals surface area contributed by atoms with Crippen molar-refractivity contribution in [2.24, 2.45) is 0 Å². The van der Waals surface area contributed by atoms with Gasteiger partial charge in [0.05, 0.1) is 24.8 Å². The first-order valence-corrected chi connectivity index (χ1v) is 13.8. The number of rotatable bonds is 11. The number of nitrogens with one attached hydrogen (secondary N) is 1. The van der Waals surface area contributed by atoms with Gasteiger partial charge in [-0.3, -0.25) is 9.69 Å². The number of cyclic esters (lactones) is 1. The van der Waals surface area contributed by atoms with Crippen molar-refractivity contribution in [1.82, 2.24) is 14.9 Å². The summed E-state index contributed by atoms with van der Waals surface area (Å²) < 4.78 is 18.1. The van der Waals surface area contributed by atoms with Crippen LogP contribution in [0.1, 0.15) is 51.5 Å². The van der Waals surface area contributed by atoms with Crippen LogP contribution in [0.3, 0.4) is 0 Å². The molecule has 0 unspecified atom stereocenters. The van der Waals surface area contributed by atoms with E-state index in [0.717, 1.165) is 67.8 Å². The van der Waals surface area contributed by atoms with Crippen LogP contribution in [0, 0.1) is 0 Å². The van der Waals surface area contributed by atoms with Gasteiger partial charge in [-0.25, -0.2) is 9.97 Å². The molecule has 0 atom stereocenters. The van der Waals surface area contributed by atoms with Crippen molar-refractivity contribution < 1.29 is 19.0 Å².